The molecule has 0 fully saturated rings. The van der Waals surface area contributed by atoms with Crippen molar-refractivity contribution in [1.82, 2.24) is 0 Å². The fourth-order valence-electron chi connectivity index (χ4n) is 3.29. The van der Waals surface area contributed by atoms with E-state index in [9.17, 15) is 0 Å². The summed E-state index contributed by atoms with van der Waals surface area (Å²) < 4.78 is 12.6. The molecule has 0 atom stereocenters. The first-order valence-electron chi connectivity index (χ1n) is 10.8. The maximum Gasteiger partial charge on any atom is 0.131 e. The van der Waals surface area contributed by atoms with Crippen molar-refractivity contribution in [3.05, 3.63) is 71.8 Å². The summed E-state index contributed by atoms with van der Waals surface area (Å²) in [6.45, 7) is 4.39. The average Bonchev–Trinajstić information content (AvgIpc) is 2.75. The third kappa shape index (κ3) is 5.93. The van der Waals surface area contributed by atoms with E-state index in [1.165, 1.54) is 0 Å². The quantitative estimate of drug-likeness (QED) is 0.353. The number of ether oxygens (including phenoxy) is 2. The fraction of sp³-hybridized carbons (Fsp3) is 0.308. The third-order valence-corrected chi connectivity index (χ3v) is 5.06. The molecule has 0 aliphatic carbocycles. The normalized spacial score (nSPS) is 10.7. The highest BCUT2D eigenvalue weighted by atomic mass is 16.5. The largest absolute Gasteiger partial charge is 0.457 e. The van der Waals surface area contributed by atoms with Crippen LogP contribution < -0.4 is 20.9 Å². The predicted molar refractivity (Wildman–Crippen MR) is 126 cm³/mol. The van der Waals surface area contributed by atoms with Crippen LogP contribution in [0.2, 0.25) is 0 Å². The van der Waals surface area contributed by atoms with Crippen molar-refractivity contribution < 1.29 is 9.47 Å². The molecule has 4 nitrogen and oxygen atoms in total. The Hall–Kier alpha value is -3.14. The molecule has 0 aromatic heterocycles. The summed E-state index contributed by atoms with van der Waals surface area (Å²) in [6.07, 6.45) is 6.29. The van der Waals surface area contributed by atoms with Gasteiger partial charge in [-0.15, -0.1) is 0 Å². The van der Waals surface area contributed by atoms with E-state index >= 15 is 0 Å². The van der Waals surface area contributed by atoms with Crippen LogP contribution in [-0.2, 0) is 12.8 Å². The summed E-state index contributed by atoms with van der Waals surface area (Å²) in [7, 11) is 0. The minimum Gasteiger partial charge on any atom is -0.457 e. The zero-order valence-corrected chi connectivity index (χ0v) is 18.0. The molecule has 0 heterocycles. The summed E-state index contributed by atoms with van der Waals surface area (Å²) in [5.74, 6) is 3.36. The number of benzene rings is 3. The van der Waals surface area contributed by atoms with Crippen LogP contribution in [0.25, 0.3) is 0 Å². The lowest BCUT2D eigenvalue weighted by Crippen LogP contribution is -1.99. The molecule has 0 saturated heterocycles. The first-order chi connectivity index (χ1) is 14.6. The number of unbranched alkanes of at least 4 members (excludes halogenated alkanes) is 2. The topological polar surface area (TPSA) is 70.5 Å². The second-order valence-corrected chi connectivity index (χ2v) is 7.62. The van der Waals surface area contributed by atoms with Crippen LogP contribution in [0.5, 0.6) is 23.0 Å². The van der Waals surface area contributed by atoms with Crippen LogP contribution in [0.15, 0.2) is 60.7 Å². The van der Waals surface area contributed by atoms with E-state index in [4.69, 9.17) is 20.9 Å². The van der Waals surface area contributed by atoms with Gasteiger partial charge in [0.2, 0.25) is 0 Å². The molecule has 0 radical (unpaired) electrons. The van der Waals surface area contributed by atoms with E-state index in [1.807, 2.05) is 48.5 Å². The van der Waals surface area contributed by atoms with Gasteiger partial charge in [-0.2, -0.15) is 0 Å². The van der Waals surface area contributed by atoms with Crippen molar-refractivity contribution >= 4 is 11.4 Å². The van der Waals surface area contributed by atoms with Gasteiger partial charge in [-0.3, -0.25) is 0 Å². The number of rotatable bonds is 10. The molecule has 4 heteroatoms. The lowest BCUT2D eigenvalue weighted by molar-refractivity contribution is 0.457. The van der Waals surface area contributed by atoms with E-state index < -0.39 is 0 Å². The highest BCUT2D eigenvalue weighted by Crippen LogP contribution is 2.36. The average molecular weight is 405 g/mol. The minimum absolute atomic E-state index is 0.726. The molecule has 3 aromatic rings. The van der Waals surface area contributed by atoms with E-state index in [0.717, 1.165) is 84.0 Å². The molecule has 0 aliphatic rings. The number of hydrogen-bond acceptors (Lipinski definition) is 4. The van der Waals surface area contributed by atoms with Crippen molar-refractivity contribution in [2.24, 2.45) is 0 Å². The summed E-state index contributed by atoms with van der Waals surface area (Å²) in [6, 6.07) is 19.3. The Bertz CT molecular complexity index is 855. The van der Waals surface area contributed by atoms with Gasteiger partial charge in [-0.25, -0.2) is 0 Å². The van der Waals surface area contributed by atoms with Gasteiger partial charge in [-0.1, -0.05) is 26.7 Å². The van der Waals surface area contributed by atoms with Crippen LogP contribution in [-0.4, -0.2) is 0 Å². The van der Waals surface area contributed by atoms with Gasteiger partial charge in [0.15, 0.2) is 0 Å². The van der Waals surface area contributed by atoms with Crippen LogP contribution in [0.1, 0.15) is 50.7 Å². The molecular weight excluding hydrogens is 372 g/mol. The standard InChI is InChI=1S/C26H32N2O2/c1-3-5-7-19-17-26(30-24-15-11-22(28)12-16-24)20(8-6-4-2)18-25(19)29-23-13-9-21(27)10-14-23/h9-18H,3-8,27-28H2,1-2H3. The van der Waals surface area contributed by atoms with Crippen molar-refractivity contribution in [2.75, 3.05) is 11.5 Å². The monoisotopic (exact) mass is 404 g/mol. The van der Waals surface area contributed by atoms with Gasteiger partial charge in [0.1, 0.15) is 23.0 Å². The molecule has 4 N–H and O–H groups in total. The Labute approximate surface area is 179 Å². The first-order valence-corrected chi connectivity index (χ1v) is 10.8. The fourth-order valence-corrected chi connectivity index (χ4v) is 3.29. The number of nitrogen functional groups attached to an aromatic ring is 2. The van der Waals surface area contributed by atoms with E-state index in [2.05, 4.69) is 26.0 Å². The molecular formula is C26H32N2O2. The number of hydrogen-bond donors (Lipinski definition) is 2. The van der Waals surface area contributed by atoms with Crippen molar-refractivity contribution in [2.45, 2.75) is 52.4 Å². The molecule has 3 aromatic carbocycles. The maximum atomic E-state index is 6.28. The number of anilines is 2. The molecule has 3 rings (SSSR count). The maximum absolute atomic E-state index is 6.28. The second kappa shape index (κ2) is 10.6. The van der Waals surface area contributed by atoms with Gasteiger partial charge in [-0.05, 0) is 97.5 Å². The van der Waals surface area contributed by atoms with Crippen molar-refractivity contribution in [3.8, 4) is 23.0 Å². The van der Waals surface area contributed by atoms with Gasteiger partial charge in [0.25, 0.3) is 0 Å². The molecule has 0 spiro atoms. The SMILES string of the molecule is CCCCc1cc(Oc2ccc(N)cc2)c(CCCC)cc1Oc1ccc(N)cc1. The first kappa shape index (κ1) is 21.6. The Morgan fingerprint density at radius 3 is 1.30 bits per heavy atom. The lowest BCUT2D eigenvalue weighted by Gasteiger charge is -2.18. The Morgan fingerprint density at radius 1 is 0.600 bits per heavy atom. The predicted octanol–water partition coefficient (Wildman–Crippen LogP) is 7.12. The van der Waals surface area contributed by atoms with Crippen LogP contribution in [0, 0.1) is 0 Å². The highest BCUT2D eigenvalue weighted by Gasteiger charge is 2.14. The molecule has 0 aliphatic heterocycles. The zero-order chi connectivity index (χ0) is 21.3. The Kier molecular flexibility index (Phi) is 7.61. The van der Waals surface area contributed by atoms with E-state index in [1.54, 1.807) is 0 Å². The van der Waals surface area contributed by atoms with Crippen LogP contribution in [0.3, 0.4) is 0 Å². The second-order valence-electron chi connectivity index (χ2n) is 7.62. The van der Waals surface area contributed by atoms with Gasteiger partial charge >= 0.3 is 0 Å². The lowest BCUT2D eigenvalue weighted by atomic mass is 10.0. The summed E-state index contributed by atoms with van der Waals surface area (Å²) in [4.78, 5) is 0. The Balaban J connectivity index is 1.97. The number of aryl methyl sites for hydroxylation is 2. The molecule has 0 amide bonds. The molecule has 30 heavy (non-hydrogen) atoms. The summed E-state index contributed by atoms with van der Waals surface area (Å²) >= 11 is 0. The van der Waals surface area contributed by atoms with Crippen molar-refractivity contribution in [3.63, 3.8) is 0 Å². The minimum atomic E-state index is 0.726. The number of nitrogens with two attached hydrogens (primary N) is 2. The van der Waals surface area contributed by atoms with Crippen molar-refractivity contribution in [1.29, 1.82) is 0 Å². The third-order valence-electron chi connectivity index (χ3n) is 5.06. The Morgan fingerprint density at radius 2 is 0.967 bits per heavy atom. The van der Waals surface area contributed by atoms with Gasteiger partial charge in [0.05, 0.1) is 0 Å². The van der Waals surface area contributed by atoms with Gasteiger partial charge < -0.3 is 20.9 Å². The van der Waals surface area contributed by atoms with E-state index in [0.29, 0.717) is 0 Å². The molecule has 0 bridgehead atoms. The van der Waals surface area contributed by atoms with E-state index in [-0.39, 0.29) is 0 Å². The zero-order valence-electron chi connectivity index (χ0n) is 18.0. The highest BCUT2D eigenvalue weighted by molar-refractivity contribution is 5.51. The summed E-state index contributed by atoms with van der Waals surface area (Å²) in [5.41, 5.74) is 15.4. The van der Waals surface area contributed by atoms with Gasteiger partial charge in [0, 0.05) is 11.4 Å². The van der Waals surface area contributed by atoms with Crippen LogP contribution >= 0.6 is 0 Å². The smallest absolute Gasteiger partial charge is 0.131 e. The molecule has 158 valence electrons. The molecule has 0 unspecified atom stereocenters. The molecule has 0 saturated carbocycles. The summed E-state index contributed by atoms with van der Waals surface area (Å²) in [5, 5.41) is 0. The van der Waals surface area contributed by atoms with Crippen LogP contribution in [0.4, 0.5) is 11.4 Å².